The summed E-state index contributed by atoms with van der Waals surface area (Å²) in [5.41, 5.74) is 2.13. The first kappa shape index (κ1) is 77.7. The second-order valence-corrected chi connectivity index (χ2v) is 25.2. The van der Waals surface area contributed by atoms with Gasteiger partial charge in [-0.25, -0.2) is 31.9 Å². The number of halogens is 7. The maximum atomic E-state index is 13.3. The molecule has 0 spiro atoms. The number of likely N-dealkylation sites (tertiary alicyclic amines) is 1. The van der Waals surface area contributed by atoms with Crippen LogP contribution in [0.25, 0.3) is 0 Å². The van der Waals surface area contributed by atoms with Gasteiger partial charge < -0.3 is 18.3 Å². The molecule has 23 heteroatoms. The van der Waals surface area contributed by atoms with Crippen LogP contribution in [0.1, 0.15) is 225 Å². The normalized spacial score (nSPS) is 12.4. The Labute approximate surface area is 525 Å². The van der Waals surface area contributed by atoms with E-state index in [4.69, 9.17) is 58.3 Å². The van der Waals surface area contributed by atoms with Crippen molar-refractivity contribution in [3.05, 3.63) is 169 Å². The van der Waals surface area contributed by atoms with Crippen LogP contribution in [-0.2, 0) is 16.2 Å². The number of oxazole rings is 1. The van der Waals surface area contributed by atoms with Crippen molar-refractivity contribution in [3.63, 3.8) is 0 Å². The zero-order chi connectivity index (χ0) is 67.4. The first-order valence-electron chi connectivity index (χ1n) is 28.1. The minimum Gasteiger partial charge on any atom is -0.433 e. The lowest BCUT2D eigenvalue weighted by Crippen LogP contribution is -2.15. The summed E-state index contributed by atoms with van der Waals surface area (Å²) < 4.78 is 79.1. The topological polar surface area (TPSA) is 252 Å². The van der Waals surface area contributed by atoms with E-state index in [0.29, 0.717) is 34.3 Å². The van der Waals surface area contributed by atoms with Gasteiger partial charge in [-0.2, -0.15) is 31.3 Å². The van der Waals surface area contributed by atoms with Gasteiger partial charge in [0.15, 0.2) is 53.5 Å². The first-order chi connectivity index (χ1) is 40.9. The van der Waals surface area contributed by atoms with E-state index in [-0.39, 0.29) is 57.3 Å². The highest BCUT2D eigenvalue weighted by atomic mass is 35.5. The third-order valence-corrected chi connectivity index (χ3v) is 12.9. The highest BCUT2D eigenvalue weighted by Crippen LogP contribution is 2.28. The molecule has 2 aromatic carbocycles. The Balaban J connectivity index is 0.000000504. The smallest absolute Gasteiger partial charge is 0.329 e. The third-order valence-electron chi connectivity index (χ3n) is 12.3. The number of nitriles is 5. The van der Waals surface area contributed by atoms with Crippen molar-refractivity contribution in [2.24, 2.45) is 11.8 Å². The Morgan fingerprint density at radius 2 is 1.19 bits per heavy atom. The number of aromatic nitrogens is 7. The number of hydrogen-bond acceptors (Lipinski definition) is 16. The molecule has 7 aromatic rings. The van der Waals surface area contributed by atoms with Crippen molar-refractivity contribution in [1.29, 1.82) is 26.3 Å². The van der Waals surface area contributed by atoms with Gasteiger partial charge in [0.2, 0.25) is 5.89 Å². The Hall–Kier alpha value is -8.29. The van der Waals surface area contributed by atoms with E-state index in [9.17, 15) is 22.0 Å². The molecular weight excluding hydrogens is 1180 g/mol. The molecule has 8 rings (SSSR count). The number of pyridine rings is 2. The maximum absolute atomic E-state index is 13.3. The molecule has 0 saturated carbocycles. The average Bonchev–Trinajstić information content (AvgIpc) is 1.75. The third kappa shape index (κ3) is 26.8. The quantitative estimate of drug-likeness (QED) is 0.0672. The minimum absolute atomic E-state index is 0.0231. The zero-order valence-electron chi connectivity index (χ0n) is 53.6. The molecule has 1 saturated heterocycles. The molecule has 88 heavy (non-hydrogen) atoms. The molecule has 6 heterocycles. The number of rotatable bonds is 5. The van der Waals surface area contributed by atoms with Gasteiger partial charge in [-0.3, -0.25) is 4.98 Å². The van der Waals surface area contributed by atoms with Gasteiger partial charge in [0.05, 0.1) is 11.8 Å². The van der Waals surface area contributed by atoms with E-state index in [2.05, 4.69) is 87.5 Å². The fourth-order valence-corrected chi connectivity index (χ4v) is 7.40. The van der Waals surface area contributed by atoms with Crippen molar-refractivity contribution in [2.45, 2.75) is 178 Å². The summed E-state index contributed by atoms with van der Waals surface area (Å²) in [4.78, 5) is 17.4. The van der Waals surface area contributed by atoms with Gasteiger partial charge in [0.1, 0.15) is 22.8 Å². The fourth-order valence-electron chi connectivity index (χ4n) is 6.96. The molecule has 0 amide bonds. The van der Waals surface area contributed by atoms with E-state index in [1.807, 2.05) is 124 Å². The Morgan fingerprint density at radius 1 is 0.602 bits per heavy atom. The second-order valence-electron chi connectivity index (χ2n) is 24.4. The summed E-state index contributed by atoms with van der Waals surface area (Å²) >= 11 is 11.5. The van der Waals surface area contributed by atoms with Gasteiger partial charge in [-0.05, 0) is 76.8 Å². The van der Waals surface area contributed by atoms with Crippen LogP contribution >= 0.6 is 23.2 Å². The molecule has 5 aromatic heterocycles. The van der Waals surface area contributed by atoms with Gasteiger partial charge in [0, 0.05) is 64.6 Å². The highest BCUT2D eigenvalue weighted by Gasteiger charge is 2.25. The zero-order valence-corrected chi connectivity index (χ0v) is 55.1. The lowest BCUT2D eigenvalue weighted by molar-refractivity contribution is 0.380. The first-order valence-corrected chi connectivity index (χ1v) is 28.9. The van der Waals surface area contributed by atoms with Gasteiger partial charge in [-0.15, -0.1) is 5.10 Å². The predicted octanol–water partition coefficient (Wildman–Crippen LogP) is 17.7. The van der Waals surface area contributed by atoms with Gasteiger partial charge >= 0.3 is 17.7 Å². The van der Waals surface area contributed by atoms with Crippen molar-refractivity contribution >= 4 is 23.2 Å². The molecule has 1 unspecified atom stereocenters. The molecule has 0 bridgehead atoms. The molecule has 1 aliphatic rings. The molecular formula is C65H80Cl2F5N13O3. The van der Waals surface area contributed by atoms with Gasteiger partial charge in [-0.1, -0.05) is 183 Å². The summed E-state index contributed by atoms with van der Waals surface area (Å²) in [6.45, 7) is 39.3. The van der Waals surface area contributed by atoms with Crippen LogP contribution in [0.15, 0.2) is 80.6 Å². The summed E-state index contributed by atoms with van der Waals surface area (Å²) in [6.07, 6.45) is 10.3. The predicted molar refractivity (Wildman–Crippen MR) is 328 cm³/mol. The molecule has 1 aliphatic heterocycles. The second kappa shape index (κ2) is 36.8. The van der Waals surface area contributed by atoms with E-state index in [1.54, 1.807) is 36.7 Å². The van der Waals surface area contributed by atoms with Crippen LogP contribution < -0.4 is 0 Å². The molecule has 0 aliphatic carbocycles. The minimum atomic E-state index is -1.36. The average molecular weight is 1260 g/mol. The van der Waals surface area contributed by atoms with Crippen molar-refractivity contribution in [1.82, 2.24) is 40.2 Å². The van der Waals surface area contributed by atoms with Crippen molar-refractivity contribution < 1.29 is 35.3 Å². The summed E-state index contributed by atoms with van der Waals surface area (Å²) in [5, 5.41) is 54.5. The molecule has 1 atom stereocenters. The van der Waals surface area contributed by atoms with Crippen LogP contribution in [0.2, 0.25) is 10.2 Å². The number of hydrogen-bond donors (Lipinski definition) is 0. The van der Waals surface area contributed by atoms with Crippen molar-refractivity contribution in [3.8, 4) is 30.5 Å². The van der Waals surface area contributed by atoms with E-state index in [0.717, 1.165) is 41.3 Å². The lowest BCUT2D eigenvalue weighted by Gasteiger charge is -2.12. The maximum Gasteiger partial charge on any atom is 0.329 e. The summed E-state index contributed by atoms with van der Waals surface area (Å²) in [7, 11) is 0. The lowest BCUT2D eigenvalue weighted by atomic mass is 9.94. The summed E-state index contributed by atoms with van der Waals surface area (Å²) in [6, 6.07) is 18.0. The molecule has 0 N–H and O–H groups in total. The highest BCUT2D eigenvalue weighted by molar-refractivity contribution is 6.31. The molecule has 472 valence electrons. The van der Waals surface area contributed by atoms with E-state index >= 15 is 0 Å². The monoisotopic (exact) mass is 1260 g/mol. The Morgan fingerprint density at radius 3 is 1.53 bits per heavy atom. The molecule has 16 nitrogen and oxygen atoms in total. The number of benzene rings is 2. The van der Waals surface area contributed by atoms with Crippen molar-refractivity contribution in [2.75, 3.05) is 13.1 Å². The Bertz CT molecular complexity index is 3300. The van der Waals surface area contributed by atoms with E-state index in [1.165, 1.54) is 31.9 Å². The van der Waals surface area contributed by atoms with E-state index < -0.39 is 34.8 Å². The van der Waals surface area contributed by atoms with Crippen LogP contribution in [0.5, 0.6) is 0 Å². The van der Waals surface area contributed by atoms with Crippen LogP contribution in [0, 0.1) is 97.7 Å². The molecule has 1 fully saturated rings. The number of nitrogens with zero attached hydrogens (tertiary/aromatic N) is 13. The van der Waals surface area contributed by atoms with Crippen LogP contribution in [0.3, 0.4) is 0 Å². The van der Waals surface area contributed by atoms with Crippen LogP contribution in [0.4, 0.5) is 22.0 Å². The molecule has 0 radical (unpaired) electrons. The largest absolute Gasteiger partial charge is 0.433 e. The summed E-state index contributed by atoms with van der Waals surface area (Å²) in [5.74, 6) is -1.73. The van der Waals surface area contributed by atoms with Crippen LogP contribution in [-0.4, -0.2) is 53.3 Å². The standard InChI is InChI=1S/C10H10FN.C9H8F4.2C8H10ClN.C8H10N2O.C8H14N2.2C7H9N3O/c1-7(2)9-5-3-4-8(6-12)10(9)11;1-4(2)7-8(12)5(10)3-6(11)9(7)13;1-6(2)7-5-10-4-3-8(7)9;1-6(2)7-3-4-8(9)10-5-7;1-8(2,3)6-5-10-7(4-9)11-6;1-7(2)8-3-4-10(5-8)6-9;1-7(2,3)6-10-9-5(4-8)11-6;1-7(2,3)6-9-5(4-8)11-10-6/h3-5,7H,1-2H3;3-4H,1-2H3;2*3-6H,1-2H3;5H,1-3H3;7-8H,3-5H2,1-2H3;2*1-3H3. The fraction of sp³-hybridized carbons (Fsp3) is 0.477. The Kier molecular flexibility index (Phi) is 32.5. The van der Waals surface area contributed by atoms with Gasteiger partial charge in [0.25, 0.3) is 0 Å². The SMILES string of the molecule is CC(C)(C)c1cnc(C#N)o1.CC(C)(C)c1nnc(C#N)o1.CC(C)(C)c1noc(C#N)n1.CC(C)C1CCN(C#N)C1.CC(C)c1c(F)c(F)cc(F)c1F.CC(C)c1ccc(Cl)nc1.CC(C)c1cccc(C#N)c1F.CC(C)c1cnccc1Cl.